The molecule has 2 rings (SSSR count). The molecule has 2 aromatic rings. The molecule has 1 N–H and O–H groups in total. The van der Waals surface area contributed by atoms with Crippen LogP contribution in [0.15, 0.2) is 34.9 Å². The molecular weight excluding hydrogens is 212 g/mol. The summed E-state index contributed by atoms with van der Waals surface area (Å²) in [5, 5.41) is 10.3. The summed E-state index contributed by atoms with van der Waals surface area (Å²) in [7, 11) is 0. The number of aliphatic hydroxyl groups excluding tert-OH is 1. The first-order chi connectivity index (χ1) is 8.13. The van der Waals surface area contributed by atoms with Crippen LogP contribution in [0.2, 0.25) is 0 Å². The fourth-order valence-electron chi connectivity index (χ4n) is 2.00. The maximum atomic E-state index is 10.3. The van der Waals surface area contributed by atoms with Crippen molar-refractivity contribution in [2.24, 2.45) is 0 Å². The number of hydrogen-bond donors (Lipinski definition) is 1. The van der Waals surface area contributed by atoms with Crippen molar-refractivity contribution in [3.8, 4) is 0 Å². The third-order valence-corrected chi connectivity index (χ3v) is 3.24. The molecule has 1 unspecified atom stereocenters. The van der Waals surface area contributed by atoms with Crippen molar-refractivity contribution < 1.29 is 9.52 Å². The van der Waals surface area contributed by atoms with Crippen LogP contribution in [-0.4, -0.2) is 5.11 Å². The first-order valence-corrected chi connectivity index (χ1v) is 5.95. The van der Waals surface area contributed by atoms with E-state index in [0.29, 0.717) is 0 Å². The molecule has 0 aliphatic heterocycles. The van der Waals surface area contributed by atoms with Crippen LogP contribution in [0.25, 0.3) is 0 Å². The van der Waals surface area contributed by atoms with Crippen molar-refractivity contribution in [3.63, 3.8) is 0 Å². The van der Waals surface area contributed by atoms with Gasteiger partial charge in [0.2, 0.25) is 0 Å². The Morgan fingerprint density at radius 2 is 1.94 bits per heavy atom. The molecule has 17 heavy (non-hydrogen) atoms. The zero-order valence-corrected chi connectivity index (χ0v) is 10.5. The fourth-order valence-corrected chi connectivity index (χ4v) is 2.00. The van der Waals surface area contributed by atoms with E-state index in [2.05, 4.69) is 13.8 Å². The van der Waals surface area contributed by atoms with Gasteiger partial charge in [-0.2, -0.15) is 0 Å². The monoisotopic (exact) mass is 230 g/mol. The lowest BCUT2D eigenvalue weighted by Gasteiger charge is -2.12. The highest BCUT2D eigenvalue weighted by atomic mass is 16.3. The van der Waals surface area contributed by atoms with E-state index < -0.39 is 6.10 Å². The number of furan rings is 1. The van der Waals surface area contributed by atoms with E-state index in [9.17, 15) is 5.11 Å². The Bertz CT molecular complexity index is 511. The molecular formula is C15H18O2. The standard InChI is InChI=1S/C15H18O2/c1-4-14-13(7-8-17-14)15(16)12-6-5-10(2)11(3)9-12/h5-9,15-16H,4H2,1-3H3. The number of benzene rings is 1. The van der Waals surface area contributed by atoms with E-state index in [1.165, 1.54) is 11.1 Å². The Hall–Kier alpha value is -1.54. The zero-order chi connectivity index (χ0) is 12.4. The number of aliphatic hydroxyl groups is 1. The minimum Gasteiger partial charge on any atom is -0.469 e. The van der Waals surface area contributed by atoms with Crippen LogP contribution in [0.5, 0.6) is 0 Å². The third kappa shape index (κ3) is 2.27. The van der Waals surface area contributed by atoms with E-state index in [1.807, 2.05) is 31.2 Å². The Morgan fingerprint density at radius 3 is 2.59 bits per heavy atom. The van der Waals surface area contributed by atoms with Crippen LogP contribution in [0.3, 0.4) is 0 Å². The van der Waals surface area contributed by atoms with E-state index in [4.69, 9.17) is 4.42 Å². The Kier molecular flexibility index (Phi) is 3.34. The zero-order valence-electron chi connectivity index (χ0n) is 10.5. The van der Waals surface area contributed by atoms with E-state index >= 15 is 0 Å². The largest absolute Gasteiger partial charge is 0.469 e. The predicted octanol–water partition coefficient (Wildman–Crippen LogP) is 3.54. The quantitative estimate of drug-likeness (QED) is 0.874. The first-order valence-electron chi connectivity index (χ1n) is 5.95. The van der Waals surface area contributed by atoms with Crippen LogP contribution < -0.4 is 0 Å². The maximum Gasteiger partial charge on any atom is 0.109 e. The number of aryl methyl sites for hydroxylation is 3. The van der Waals surface area contributed by atoms with Crippen LogP contribution in [0.4, 0.5) is 0 Å². The smallest absolute Gasteiger partial charge is 0.109 e. The average Bonchev–Trinajstić information content (AvgIpc) is 2.80. The second-order valence-electron chi connectivity index (χ2n) is 4.40. The molecule has 0 saturated carbocycles. The Balaban J connectivity index is 2.36. The first kappa shape index (κ1) is 11.9. The van der Waals surface area contributed by atoms with Gasteiger partial charge in [-0.15, -0.1) is 0 Å². The highest BCUT2D eigenvalue weighted by molar-refractivity contribution is 5.36. The second kappa shape index (κ2) is 4.76. The molecule has 0 saturated heterocycles. The highest BCUT2D eigenvalue weighted by Gasteiger charge is 2.16. The van der Waals surface area contributed by atoms with Gasteiger partial charge in [0.05, 0.1) is 6.26 Å². The van der Waals surface area contributed by atoms with Crippen molar-refractivity contribution in [3.05, 3.63) is 58.5 Å². The lowest BCUT2D eigenvalue weighted by Crippen LogP contribution is -2.01. The van der Waals surface area contributed by atoms with Crippen LogP contribution in [0, 0.1) is 13.8 Å². The van der Waals surface area contributed by atoms with Gasteiger partial charge in [-0.1, -0.05) is 25.1 Å². The molecule has 0 spiro atoms. The van der Waals surface area contributed by atoms with Crippen molar-refractivity contribution in [2.45, 2.75) is 33.3 Å². The molecule has 0 radical (unpaired) electrons. The molecule has 2 heteroatoms. The summed E-state index contributed by atoms with van der Waals surface area (Å²) in [4.78, 5) is 0. The molecule has 1 aromatic heterocycles. The van der Waals surface area contributed by atoms with Crippen molar-refractivity contribution in [1.29, 1.82) is 0 Å². The Labute approximate surface area is 102 Å². The van der Waals surface area contributed by atoms with E-state index in [0.717, 1.165) is 23.3 Å². The molecule has 0 amide bonds. The van der Waals surface area contributed by atoms with Gasteiger partial charge in [0.15, 0.2) is 0 Å². The van der Waals surface area contributed by atoms with Gasteiger partial charge in [0.25, 0.3) is 0 Å². The summed E-state index contributed by atoms with van der Waals surface area (Å²) >= 11 is 0. The molecule has 0 aliphatic rings. The second-order valence-corrected chi connectivity index (χ2v) is 4.40. The van der Waals surface area contributed by atoms with E-state index in [-0.39, 0.29) is 0 Å². The van der Waals surface area contributed by atoms with E-state index in [1.54, 1.807) is 6.26 Å². The van der Waals surface area contributed by atoms with Gasteiger partial charge in [-0.3, -0.25) is 0 Å². The summed E-state index contributed by atoms with van der Waals surface area (Å²) in [6.45, 7) is 6.15. The number of rotatable bonds is 3. The Morgan fingerprint density at radius 1 is 1.18 bits per heavy atom. The molecule has 0 aliphatic carbocycles. The molecule has 90 valence electrons. The summed E-state index contributed by atoms with van der Waals surface area (Å²) in [6, 6.07) is 7.89. The van der Waals surface area contributed by atoms with Gasteiger partial charge in [0, 0.05) is 12.0 Å². The van der Waals surface area contributed by atoms with Gasteiger partial charge in [0.1, 0.15) is 11.9 Å². The molecule has 0 bridgehead atoms. The lowest BCUT2D eigenvalue weighted by atomic mass is 9.98. The van der Waals surface area contributed by atoms with Gasteiger partial charge in [-0.05, 0) is 36.6 Å². The van der Waals surface area contributed by atoms with Crippen LogP contribution >= 0.6 is 0 Å². The van der Waals surface area contributed by atoms with Crippen molar-refractivity contribution >= 4 is 0 Å². The van der Waals surface area contributed by atoms with Crippen molar-refractivity contribution in [2.75, 3.05) is 0 Å². The number of hydrogen-bond acceptors (Lipinski definition) is 2. The van der Waals surface area contributed by atoms with Crippen LogP contribution in [0.1, 0.15) is 41.0 Å². The van der Waals surface area contributed by atoms with Gasteiger partial charge < -0.3 is 9.52 Å². The summed E-state index contributed by atoms with van der Waals surface area (Å²) in [5.74, 6) is 0.857. The predicted molar refractivity (Wildman–Crippen MR) is 68.1 cm³/mol. The van der Waals surface area contributed by atoms with Crippen LogP contribution in [-0.2, 0) is 6.42 Å². The summed E-state index contributed by atoms with van der Waals surface area (Å²) in [5.41, 5.74) is 4.23. The van der Waals surface area contributed by atoms with Crippen molar-refractivity contribution in [1.82, 2.24) is 0 Å². The molecule has 1 aromatic carbocycles. The fraction of sp³-hybridized carbons (Fsp3) is 0.333. The highest BCUT2D eigenvalue weighted by Crippen LogP contribution is 2.27. The summed E-state index contributed by atoms with van der Waals surface area (Å²) in [6.07, 6.45) is 1.84. The molecule has 1 heterocycles. The maximum absolute atomic E-state index is 10.3. The van der Waals surface area contributed by atoms with Gasteiger partial charge in [-0.25, -0.2) is 0 Å². The minimum atomic E-state index is -0.594. The molecule has 0 fully saturated rings. The normalized spacial score (nSPS) is 12.7. The lowest BCUT2D eigenvalue weighted by molar-refractivity contribution is 0.217. The third-order valence-electron chi connectivity index (χ3n) is 3.24. The summed E-state index contributed by atoms with van der Waals surface area (Å²) < 4.78 is 5.35. The molecule has 2 nitrogen and oxygen atoms in total. The SMILES string of the molecule is CCc1occc1C(O)c1ccc(C)c(C)c1. The molecule has 1 atom stereocenters. The minimum absolute atomic E-state index is 0.594. The van der Waals surface area contributed by atoms with Gasteiger partial charge >= 0.3 is 0 Å². The topological polar surface area (TPSA) is 33.4 Å². The average molecular weight is 230 g/mol.